The maximum absolute atomic E-state index is 13.4. The second-order valence-electron chi connectivity index (χ2n) is 10.3. The number of halogens is 2. The molecule has 1 N–H and O–H groups in total. The fourth-order valence-electron chi connectivity index (χ4n) is 5.40. The van der Waals surface area contributed by atoms with Crippen molar-refractivity contribution in [2.75, 3.05) is 32.4 Å². The molecule has 10 heteroatoms. The van der Waals surface area contributed by atoms with Crippen LogP contribution in [-0.2, 0) is 26.0 Å². The second-order valence-corrected chi connectivity index (χ2v) is 12.8. The first-order valence-electron chi connectivity index (χ1n) is 13.0. The summed E-state index contributed by atoms with van der Waals surface area (Å²) in [5, 5.41) is 3.81. The van der Waals surface area contributed by atoms with Crippen LogP contribution in [0.25, 0.3) is 0 Å². The Balaban J connectivity index is 0.00000400. The Morgan fingerprint density at radius 2 is 1.63 bits per heavy atom. The van der Waals surface area contributed by atoms with Gasteiger partial charge in [0, 0.05) is 37.3 Å². The summed E-state index contributed by atoms with van der Waals surface area (Å²) in [5.74, 6) is 0.244. The maximum Gasteiger partial charge on any atom is 0.229 e. The number of carbonyl (C=O) groups is 2. The van der Waals surface area contributed by atoms with E-state index in [1.54, 1.807) is 24.3 Å². The summed E-state index contributed by atoms with van der Waals surface area (Å²) < 4.78 is 23.4. The maximum atomic E-state index is 13.4. The number of nitrogens with one attached hydrogen (secondary N) is 1. The van der Waals surface area contributed by atoms with E-state index < -0.39 is 9.84 Å². The van der Waals surface area contributed by atoms with Crippen molar-refractivity contribution in [1.82, 2.24) is 15.1 Å². The molecule has 0 aliphatic carbocycles. The van der Waals surface area contributed by atoms with Crippen LogP contribution in [-0.4, -0.2) is 62.5 Å². The zero-order valence-corrected chi connectivity index (χ0v) is 24.4. The van der Waals surface area contributed by atoms with E-state index in [1.807, 2.05) is 36.1 Å². The molecule has 1 spiro atoms. The highest BCUT2D eigenvalue weighted by atomic mass is 35.5. The van der Waals surface area contributed by atoms with Gasteiger partial charge in [0.1, 0.15) is 0 Å². The van der Waals surface area contributed by atoms with Gasteiger partial charge in [-0.1, -0.05) is 42.8 Å². The summed E-state index contributed by atoms with van der Waals surface area (Å²) in [7, 11) is -3.23. The van der Waals surface area contributed by atoms with Crippen molar-refractivity contribution in [1.29, 1.82) is 0 Å². The fraction of sp³-hybridized carbons (Fsp3) is 0.500. The van der Waals surface area contributed by atoms with E-state index in [0.29, 0.717) is 22.9 Å². The first kappa shape index (κ1) is 30.4. The predicted octanol–water partition coefficient (Wildman–Crippen LogP) is 4.64. The smallest absolute Gasteiger partial charge is 0.229 e. The number of benzene rings is 2. The van der Waals surface area contributed by atoms with Crippen molar-refractivity contribution in [3.05, 3.63) is 64.7 Å². The molecule has 2 saturated heterocycles. The van der Waals surface area contributed by atoms with Crippen LogP contribution in [0.2, 0.25) is 5.02 Å². The standard InChI is InChI=1S/C28H36ClN3O4S.ClH/c1-3-26(33)30-25(22-6-8-23(29)9-7-22)12-16-31-17-13-28(14-18-31)15-19-32(27(28)34)20-21-4-10-24(11-5-21)37(2,35)36;/h4-11,25H,3,12-20H2,1-2H3,(H,30,33);1H. The van der Waals surface area contributed by atoms with Crippen LogP contribution in [0.15, 0.2) is 53.4 Å². The molecule has 4 rings (SSSR count). The summed E-state index contributed by atoms with van der Waals surface area (Å²) >= 11 is 6.05. The van der Waals surface area contributed by atoms with Crippen molar-refractivity contribution in [2.24, 2.45) is 5.41 Å². The minimum absolute atomic E-state index is 0. The Labute approximate surface area is 237 Å². The van der Waals surface area contributed by atoms with Gasteiger partial charge in [-0.3, -0.25) is 9.59 Å². The zero-order chi connectivity index (χ0) is 26.6. The molecule has 208 valence electrons. The highest BCUT2D eigenvalue weighted by Gasteiger charge is 2.47. The van der Waals surface area contributed by atoms with Gasteiger partial charge < -0.3 is 15.1 Å². The number of nitrogens with zero attached hydrogens (tertiary/aromatic N) is 2. The molecule has 2 amide bonds. The molecule has 0 aromatic heterocycles. The van der Waals surface area contributed by atoms with E-state index in [2.05, 4.69) is 10.2 Å². The number of amides is 2. The van der Waals surface area contributed by atoms with E-state index in [1.165, 1.54) is 6.26 Å². The normalized spacial score (nSPS) is 18.3. The summed E-state index contributed by atoms with van der Waals surface area (Å²) in [5.41, 5.74) is 1.69. The molecule has 2 heterocycles. The molecule has 0 saturated carbocycles. The van der Waals surface area contributed by atoms with Gasteiger partial charge in [-0.25, -0.2) is 8.42 Å². The van der Waals surface area contributed by atoms with Crippen LogP contribution in [0.4, 0.5) is 0 Å². The molecule has 2 aromatic rings. The zero-order valence-electron chi connectivity index (χ0n) is 22.0. The van der Waals surface area contributed by atoms with Crippen LogP contribution in [0.5, 0.6) is 0 Å². The Hall–Kier alpha value is -2.13. The van der Waals surface area contributed by atoms with E-state index in [4.69, 9.17) is 11.6 Å². The quantitative estimate of drug-likeness (QED) is 0.466. The monoisotopic (exact) mass is 581 g/mol. The van der Waals surface area contributed by atoms with Gasteiger partial charge in [-0.05, 0) is 74.2 Å². The van der Waals surface area contributed by atoms with Crippen molar-refractivity contribution in [3.8, 4) is 0 Å². The predicted molar refractivity (Wildman–Crippen MR) is 152 cm³/mol. The molecular weight excluding hydrogens is 545 g/mol. The Bertz CT molecular complexity index is 1210. The number of hydrogen-bond donors (Lipinski definition) is 1. The highest BCUT2D eigenvalue weighted by molar-refractivity contribution is 7.90. The third-order valence-electron chi connectivity index (χ3n) is 7.80. The SMILES string of the molecule is CCC(=O)NC(CCN1CCC2(CC1)CCN(Cc1ccc(S(C)(=O)=O)cc1)C2=O)c1ccc(Cl)cc1.Cl. The average Bonchev–Trinajstić information content (AvgIpc) is 3.17. The lowest BCUT2D eigenvalue weighted by Gasteiger charge is -2.38. The third kappa shape index (κ3) is 7.29. The second kappa shape index (κ2) is 12.8. The van der Waals surface area contributed by atoms with Gasteiger partial charge in [0.25, 0.3) is 0 Å². The number of hydrogen-bond acceptors (Lipinski definition) is 5. The number of sulfone groups is 1. The molecule has 2 fully saturated rings. The Kier molecular flexibility index (Phi) is 10.3. The van der Waals surface area contributed by atoms with E-state index in [0.717, 1.165) is 63.0 Å². The largest absolute Gasteiger partial charge is 0.349 e. The molecule has 7 nitrogen and oxygen atoms in total. The van der Waals surface area contributed by atoms with Crippen LogP contribution in [0.1, 0.15) is 56.2 Å². The topological polar surface area (TPSA) is 86.8 Å². The van der Waals surface area contributed by atoms with E-state index >= 15 is 0 Å². The molecule has 1 atom stereocenters. The fourth-order valence-corrected chi connectivity index (χ4v) is 6.16. The minimum Gasteiger partial charge on any atom is -0.349 e. The van der Waals surface area contributed by atoms with Crippen LogP contribution < -0.4 is 5.32 Å². The minimum atomic E-state index is -3.23. The summed E-state index contributed by atoms with van der Waals surface area (Å²) in [6.07, 6.45) is 4.97. The summed E-state index contributed by atoms with van der Waals surface area (Å²) in [6.45, 7) is 5.65. The molecule has 0 bridgehead atoms. The molecule has 1 unspecified atom stereocenters. The van der Waals surface area contributed by atoms with Gasteiger partial charge in [0.2, 0.25) is 11.8 Å². The summed E-state index contributed by atoms with van der Waals surface area (Å²) in [6, 6.07) is 14.4. The summed E-state index contributed by atoms with van der Waals surface area (Å²) in [4.78, 5) is 30.1. The number of carbonyl (C=O) groups excluding carboxylic acids is 2. The molecule has 0 radical (unpaired) electrons. The number of piperidine rings is 1. The Morgan fingerprint density at radius 3 is 2.21 bits per heavy atom. The first-order valence-corrected chi connectivity index (χ1v) is 15.2. The van der Waals surface area contributed by atoms with Crippen LogP contribution in [0, 0.1) is 5.41 Å². The lowest BCUT2D eigenvalue weighted by molar-refractivity contribution is -0.139. The number of likely N-dealkylation sites (tertiary alicyclic amines) is 2. The Morgan fingerprint density at radius 1 is 1.03 bits per heavy atom. The lowest BCUT2D eigenvalue weighted by Crippen LogP contribution is -2.45. The first-order chi connectivity index (χ1) is 17.6. The van der Waals surface area contributed by atoms with Crippen LogP contribution >= 0.6 is 24.0 Å². The van der Waals surface area contributed by atoms with E-state index in [-0.39, 0.29) is 35.7 Å². The average molecular weight is 583 g/mol. The third-order valence-corrected chi connectivity index (χ3v) is 9.18. The van der Waals surface area contributed by atoms with Gasteiger partial charge in [0.15, 0.2) is 9.84 Å². The van der Waals surface area contributed by atoms with Gasteiger partial charge >= 0.3 is 0 Å². The van der Waals surface area contributed by atoms with Gasteiger partial charge in [-0.15, -0.1) is 12.4 Å². The van der Waals surface area contributed by atoms with Crippen molar-refractivity contribution < 1.29 is 18.0 Å². The molecule has 2 aliphatic heterocycles. The van der Waals surface area contributed by atoms with Crippen molar-refractivity contribution in [2.45, 2.75) is 56.5 Å². The van der Waals surface area contributed by atoms with E-state index in [9.17, 15) is 18.0 Å². The lowest BCUT2D eigenvalue weighted by atomic mass is 9.77. The van der Waals surface area contributed by atoms with Crippen molar-refractivity contribution >= 4 is 45.7 Å². The number of rotatable bonds is 9. The van der Waals surface area contributed by atoms with Gasteiger partial charge in [-0.2, -0.15) is 0 Å². The van der Waals surface area contributed by atoms with Gasteiger partial charge in [0.05, 0.1) is 16.4 Å². The van der Waals surface area contributed by atoms with Crippen molar-refractivity contribution in [3.63, 3.8) is 0 Å². The molecule has 2 aliphatic rings. The van der Waals surface area contributed by atoms with Crippen LogP contribution in [0.3, 0.4) is 0 Å². The highest BCUT2D eigenvalue weighted by Crippen LogP contribution is 2.42. The molecule has 38 heavy (non-hydrogen) atoms. The molecular formula is C28H37Cl2N3O4S. The molecule has 2 aromatic carbocycles.